The van der Waals surface area contributed by atoms with Gasteiger partial charge in [0.15, 0.2) is 0 Å². The maximum absolute atomic E-state index is 13.3. The predicted octanol–water partition coefficient (Wildman–Crippen LogP) is 4.41. The van der Waals surface area contributed by atoms with E-state index in [1.54, 1.807) is 0 Å². The van der Waals surface area contributed by atoms with Crippen LogP contribution < -0.4 is 0 Å². The number of hydrogen-bond donors (Lipinski definition) is 0. The zero-order valence-corrected chi connectivity index (χ0v) is 13.1. The van der Waals surface area contributed by atoms with E-state index in [9.17, 15) is 4.39 Å². The molecule has 2 heterocycles. The molecule has 0 saturated heterocycles. The van der Waals surface area contributed by atoms with Crippen LogP contribution in [0.3, 0.4) is 0 Å². The van der Waals surface area contributed by atoms with Gasteiger partial charge in [0.1, 0.15) is 5.82 Å². The fourth-order valence-corrected chi connectivity index (χ4v) is 3.52. The van der Waals surface area contributed by atoms with E-state index in [4.69, 9.17) is 11.6 Å². The molecule has 3 aromatic rings. The minimum Gasteiger partial charge on any atom is -0.313 e. The highest BCUT2D eigenvalue weighted by molar-refractivity contribution is 6.31. The summed E-state index contributed by atoms with van der Waals surface area (Å²) in [6, 6.07) is 12.7. The van der Waals surface area contributed by atoms with Crippen molar-refractivity contribution in [2.45, 2.75) is 13.0 Å². The van der Waals surface area contributed by atoms with Crippen LogP contribution in [0.5, 0.6) is 0 Å². The number of benzene rings is 2. The molecule has 4 rings (SSSR count). The van der Waals surface area contributed by atoms with Gasteiger partial charge in [-0.1, -0.05) is 11.6 Å². The van der Waals surface area contributed by atoms with Crippen molar-refractivity contribution >= 4 is 22.5 Å². The topological polar surface area (TPSA) is 8.17 Å². The first-order chi connectivity index (χ1) is 10.6. The van der Waals surface area contributed by atoms with Crippen molar-refractivity contribution in [1.82, 2.24) is 9.47 Å². The third-order valence-electron chi connectivity index (χ3n) is 4.39. The highest BCUT2D eigenvalue weighted by atomic mass is 35.5. The van der Waals surface area contributed by atoms with Crippen molar-refractivity contribution in [2.24, 2.45) is 0 Å². The lowest BCUT2D eigenvalue weighted by atomic mass is 10.1. The van der Waals surface area contributed by atoms with Gasteiger partial charge in [-0.2, -0.15) is 0 Å². The highest BCUT2D eigenvalue weighted by Gasteiger charge is 2.23. The van der Waals surface area contributed by atoms with Crippen LogP contribution in [0.25, 0.3) is 16.6 Å². The monoisotopic (exact) mass is 314 g/mol. The number of aromatic nitrogens is 1. The summed E-state index contributed by atoms with van der Waals surface area (Å²) in [5, 5.41) is 1.94. The Kier molecular flexibility index (Phi) is 3.21. The number of rotatable bonds is 1. The van der Waals surface area contributed by atoms with Gasteiger partial charge in [0.25, 0.3) is 0 Å². The third-order valence-corrected chi connectivity index (χ3v) is 4.62. The molecule has 0 amide bonds. The summed E-state index contributed by atoms with van der Waals surface area (Å²) in [5.41, 5.74) is 4.77. The van der Waals surface area contributed by atoms with Crippen molar-refractivity contribution in [3.63, 3.8) is 0 Å². The van der Waals surface area contributed by atoms with Gasteiger partial charge in [-0.3, -0.25) is 0 Å². The van der Waals surface area contributed by atoms with E-state index < -0.39 is 0 Å². The number of likely N-dealkylation sites (N-methyl/N-ethyl adjacent to an activating group) is 1. The second kappa shape index (κ2) is 5.11. The second-order valence-electron chi connectivity index (χ2n) is 5.89. The van der Waals surface area contributed by atoms with Crippen LogP contribution in [-0.2, 0) is 13.0 Å². The van der Waals surface area contributed by atoms with Crippen LogP contribution >= 0.6 is 11.6 Å². The van der Waals surface area contributed by atoms with Gasteiger partial charge in [0, 0.05) is 41.3 Å². The van der Waals surface area contributed by atoms with E-state index in [2.05, 4.69) is 22.6 Å². The van der Waals surface area contributed by atoms with Crippen LogP contribution in [0.1, 0.15) is 11.3 Å². The quantitative estimate of drug-likeness (QED) is 0.646. The SMILES string of the molecule is CN1CCc2c(c3cc(Cl)ccc3n2-c2ccc(F)cc2)C1. The summed E-state index contributed by atoms with van der Waals surface area (Å²) < 4.78 is 15.5. The average molecular weight is 315 g/mol. The van der Waals surface area contributed by atoms with Crippen molar-refractivity contribution in [3.05, 3.63) is 64.6 Å². The second-order valence-corrected chi connectivity index (χ2v) is 6.32. The first kappa shape index (κ1) is 13.8. The molecule has 4 heteroatoms. The Labute approximate surface area is 133 Å². The van der Waals surface area contributed by atoms with Crippen LogP contribution in [0.4, 0.5) is 4.39 Å². The Bertz CT molecular complexity index is 852. The highest BCUT2D eigenvalue weighted by Crippen LogP contribution is 2.34. The van der Waals surface area contributed by atoms with E-state index in [1.165, 1.54) is 28.8 Å². The van der Waals surface area contributed by atoms with Gasteiger partial charge in [-0.15, -0.1) is 0 Å². The Morgan fingerprint density at radius 2 is 1.86 bits per heavy atom. The van der Waals surface area contributed by atoms with Crippen molar-refractivity contribution in [1.29, 1.82) is 0 Å². The minimum atomic E-state index is -0.211. The molecule has 0 aliphatic carbocycles. The van der Waals surface area contributed by atoms with Crippen LogP contribution in [0.2, 0.25) is 5.02 Å². The number of hydrogen-bond acceptors (Lipinski definition) is 1. The summed E-state index contributed by atoms with van der Waals surface area (Å²) in [7, 11) is 2.13. The first-order valence-corrected chi connectivity index (χ1v) is 7.77. The lowest BCUT2D eigenvalue weighted by Gasteiger charge is -2.24. The van der Waals surface area contributed by atoms with Crippen LogP contribution in [-0.4, -0.2) is 23.1 Å². The molecule has 0 fully saturated rings. The van der Waals surface area contributed by atoms with E-state index in [-0.39, 0.29) is 5.82 Å². The van der Waals surface area contributed by atoms with Gasteiger partial charge in [0.2, 0.25) is 0 Å². The zero-order valence-electron chi connectivity index (χ0n) is 12.3. The normalized spacial score (nSPS) is 15.2. The average Bonchev–Trinajstić information content (AvgIpc) is 2.81. The third kappa shape index (κ3) is 2.13. The first-order valence-electron chi connectivity index (χ1n) is 7.39. The van der Waals surface area contributed by atoms with E-state index >= 15 is 0 Å². The molecule has 0 unspecified atom stereocenters. The molecule has 0 radical (unpaired) electrons. The molecule has 0 atom stereocenters. The van der Waals surface area contributed by atoms with E-state index in [0.717, 1.165) is 35.7 Å². The fourth-order valence-electron chi connectivity index (χ4n) is 3.35. The van der Waals surface area contributed by atoms with Gasteiger partial charge in [0.05, 0.1) is 5.52 Å². The van der Waals surface area contributed by atoms with Gasteiger partial charge >= 0.3 is 0 Å². The maximum Gasteiger partial charge on any atom is 0.123 e. The molecule has 0 bridgehead atoms. The molecule has 1 aliphatic rings. The molecule has 0 spiro atoms. The van der Waals surface area contributed by atoms with Crippen molar-refractivity contribution < 1.29 is 4.39 Å². The van der Waals surface area contributed by atoms with Crippen LogP contribution in [0, 0.1) is 5.82 Å². The molecule has 2 nitrogen and oxygen atoms in total. The maximum atomic E-state index is 13.3. The van der Waals surface area contributed by atoms with E-state index in [0.29, 0.717) is 0 Å². The van der Waals surface area contributed by atoms with E-state index in [1.807, 2.05) is 24.3 Å². The zero-order chi connectivity index (χ0) is 15.3. The Morgan fingerprint density at radius 1 is 1.09 bits per heavy atom. The van der Waals surface area contributed by atoms with Crippen molar-refractivity contribution in [3.8, 4) is 5.69 Å². The Hall–Kier alpha value is -1.84. The van der Waals surface area contributed by atoms with Gasteiger partial charge in [-0.25, -0.2) is 4.39 Å². The molecular weight excluding hydrogens is 299 g/mol. The van der Waals surface area contributed by atoms with Crippen molar-refractivity contribution in [2.75, 3.05) is 13.6 Å². The largest absolute Gasteiger partial charge is 0.313 e. The smallest absolute Gasteiger partial charge is 0.123 e. The number of halogens is 2. The van der Waals surface area contributed by atoms with Crippen LogP contribution in [0.15, 0.2) is 42.5 Å². The molecule has 1 aliphatic heterocycles. The van der Waals surface area contributed by atoms with Gasteiger partial charge in [-0.05, 0) is 55.1 Å². The molecule has 112 valence electrons. The molecule has 2 aromatic carbocycles. The number of fused-ring (bicyclic) bond motifs is 3. The summed E-state index contributed by atoms with van der Waals surface area (Å²) >= 11 is 6.20. The summed E-state index contributed by atoms with van der Waals surface area (Å²) in [6.45, 7) is 1.94. The Morgan fingerprint density at radius 3 is 2.64 bits per heavy atom. The lowest BCUT2D eigenvalue weighted by molar-refractivity contribution is 0.311. The molecule has 0 N–H and O–H groups in total. The molecule has 22 heavy (non-hydrogen) atoms. The Balaban J connectivity index is 2.03. The standard InChI is InChI=1S/C18H16ClFN2/c1-21-9-8-18-16(11-21)15-10-12(19)2-7-17(15)22(18)14-5-3-13(20)4-6-14/h2-7,10H,8-9,11H2,1H3. The van der Waals surface area contributed by atoms with Gasteiger partial charge < -0.3 is 9.47 Å². The summed E-state index contributed by atoms with van der Waals surface area (Å²) in [5.74, 6) is -0.211. The summed E-state index contributed by atoms with van der Waals surface area (Å²) in [4.78, 5) is 2.32. The minimum absolute atomic E-state index is 0.211. The molecule has 1 aromatic heterocycles. The molecule has 0 saturated carbocycles. The summed E-state index contributed by atoms with van der Waals surface area (Å²) in [6.07, 6.45) is 0.982. The lowest BCUT2D eigenvalue weighted by Crippen LogP contribution is -2.27. The number of nitrogens with zero attached hydrogens (tertiary/aromatic N) is 2. The molecular formula is C18H16ClFN2. The predicted molar refractivity (Wildman–Crippen MR) is 88.3 cm³/mol. The fraction of sp³-hybridized carbons (Fsp3) is 0.222.